The number of aryl methyl sites for hydroxylation is 1. The van der Waals surface area contributed by atoms with E-state index in [4.69, 9.17) is 0 Å². The molecule has 3 rings (SSSR count). The van der Waals surface area contributed by atoms with Gasteiger partial charge < -0.3 is 10.2 Å². The van der Waals surface area contributed by atoms with Crippen molar-refractivity contribution in [2.24, 2.45) is 0 Å². The molecule has 4 heteroatoms. The summed E-state index contributed by atoms with van der Waals surface area (Å²) in [4.78, 5) is 7.10. The third-order valence-corrected chi connectivity index (χ3v) is 4.84. The molecule has 0 amide bonds. The average molecular weight is 301 g/mol. The highest BCUT2D eigenvalue weighted by Gasteiger charge is 2.16. The van der Waals surface area contributed by atoms with E-state index >= 15 is 0 Å². The first kappa shape index (κ1) is 14.4. The first-order valence-corrected chi connectivity index (χ1v) is 8.64. The van der Waals surface area contributed by atoms with Gasteiger partial charge in [0.2, 0.25) is 0 Å². The maximum atomic E-state index is 4.59. The van der Waals surface area contributed by atoms with E-state index < -0.39 is 0 Å². The van der Waals surface area contributed by atoms with E-state index in [-0.39, 0.29) is 6.04 Å². The third kappa shape index (κ3) is 3.38. The summed E-state index contributed by atoms with van der Waals surface area (Å²) in [5, 5.41) is 6.92. The number of benzene rings is 1. The third-order valence-electron chi connectivity index (χ3n) is 4.05. The average Bonchev–Trinajstić information content (AvgIpc) is 2.95. The Kier molecular flexibility index (Phi) is 4.44. The molecule has 0 aliphatic carbocycles. The summed E-state index contributed by atoms with van der Waals surface area (Å²) in [6.07, 6.45) is 3.96. The highest BCUT2D eigenvalue weighted by Crippen LogP contribution is 2.31. The van der Waals surface area contributed by atoms with Crippen LogP contribution in [-0.4, -0.2) is 18.1 Å². The minimum absolute atomic E-state index is 0.237. The second-order valence-electron chi connectivity index (χ2n) is 5.72. The minimum atomic E-state index is 0.237. The van der Waals surface area contributed by atoms with E-state index in [2.05, 4.69) is 58.7 Å². The molecule has 1 N–H and O–H groups in total. The summed E-state index contributed by atoms with van der Waals surface area (Å²) >= 11 is 1.71. The van der Waals surface area contributed by atoms with Crippen molar-refractivity contribution in [1.29, 1.82) is 0 Å². The van der Waals surface area contributed by atoms with Gasteiger partial charge in [-0.15, -0.1) is 11.3 Å². The summed E-state index contributed by atoms with van der Waals surface area (Å²) < 4.78 is 0. The molecule has 0 bridgehead atoms. The molecule has 1 aromatic carbocycles. The minimum Gasteiger partial charge on any atom is -0.375 e. The van der Waals surface area contributed by atoms with Crippen molar-refractivity contribution in [3.8, 4) is 0 Å². The molecule has 1 fully saturated rings. The molecule has 0 radical (unpaired) electrons. The van der Waals surface area contributed by atoms with Gasteiger partial charge in [-0.05, 0) is 45.2 Å². The molecule has 21 heavy (non-hydrogen) atoms. The van der Waals surface area contributed by atoms with Crippen LogP contribution in [0.4, 0.5) is 11.4 Å². The van der Waals surface area contributed by atoms with Crippen LogP contribution in [0.5, 0.6) is 0 Å². The van der Waals surface area contributed by atoms with E-state index in [0.29, 0.717) is 0 Å². The van der Waals surface area contributed by atoms with Crippen LogP contribution in [0.2, 0.25) is 0 Å². The smallest absolute Gasteiger partial charge is 0.0898 e. The molecule has 3 nitrogen and oxygen atoms in total. The lowest BCUT2D eigenvalue weighted by Gasteiger charge is -2.31. The number of piperidine rings is 1. The van der Waals surface area contributed by atoms with E-state index in [1.807, 2.05) is 0 Å². The lowest BCUT2D eigenvalue weighted by atomic mass is 10.1. The number of hydrogen-bond acceptors (Lipinski definition) is 4. The van der Waals surface area contributed by atoms with Crippen molar-refractivity contribution in [2.45, 2.75) is 39.2 Å². The Hall–Kier alpha value is -1.55. The fourth-order valence-electron chi connectivity index (χ4n) is 2.89. The van der Waals surface area contributed by atoms with Crippen LogP contribution >= 0.6 is 11.3 Å². The lowest BCUT2D eigenvalue weighted by Crippen LogP contribution is -2.30. The zero-order valence-corrected chi connectivity index (χ0v) is 13.6. The standard InChI is InChI=1S/C17H23N3S/c1-13(16-12-21-14(2)19-16)18-15-8-4-5-9-17(15)20-10-6-3-7-11-20/h4-5,8-9,12-13,18H,3,6-7,10-11H2,1-2H3. The van der Waals surface area contributed by atoms with Crippen molar-refractivity contribution < 1.29 is 0 Å². The molecule has 0 spiro atoms. The van der Waals surface area contributed by atoms with Gasteiger partial charge in [0.15, 0.2) is 0 Å². The predicted molar refractivity (Wildman–Crippen MR) is 91.4 cm³/mol. The number of nitrogens with zero attached hydrogens (tertiary/aromatic N) is 2. The van der Waals surface area contributed by atoms with Crippen LogP contribution in [0.25, 0.3) is 0 Å². The monoisotopic (exact) mass is 301 g/mol. The molecule has 2 heterocycles. The van der Waals surface area contributed by atoms with Crippen LogP contribution in [0.1, 0.15) is 42.9 Å². The Labute approximate surface area is 131 Å². The van der Waals surface area contributed by atoms with Crippen molar-refractivity contribution in [1.82, 2.24) is 4.98 Å². The van der Waals surface area contributed by atoms with Gasteiger partial charge in [-0.2, -0.15) is 0 Å². The van der Waals surface area contributed by atoms with Crippen molar-refractivity contribution in [2.75, 3.05) is 23.3 Å². The van der Waals surface area contributed by atoms with Gasteiger partial charge in [0.05, 0.1) is 28.1 Å². The molecular weight excluding hydrogens is 278 g/mol. The Balaban J connectivity index is 1.78. The molecular formula is C17H23N3S. The normalized spacial score (nSPS) is 16.8. The Morgan fingerprint density at radius 3 is 2.67 bits per heavy atom. The number of rotatable bonds is 4. The molecule has 1 aliphatic rings. The summed E-state index contributed by atoms with van der Waals surface area (Å²) in [6.45, 7) is 6.58. The van der Waals surface area contributed by atoms with Gasteiger partial charge >= 0.3 is 0 Å². The van der Waals surface area contributed by atoms with Crippen molar-refractivity contribution in [3.05, 3.63) is 40.3 Å². The van der Waals surface area contributed by atoms with Crippen LogP contribution in [0.3, 0.4) is 0 Å². The second-order valence-corrected chi connectivity index (χ2v) is 6.78. The molecule has 1 atom stereocenters. The zero-order valence-electron chi connectivity index (χ0n) is 12.8. The van der Waals surface area contributed by atoms with E-state index in [9.17, 15) is 0 Å². The maximum Gasteiger partial charge on any atom is 0.0898 e. The number of nitrogens with one attached hydrogen (secondary N) is 1. The molecule has 1 aromatic heterocycles. The van der Waals surface area contributed by atoms with Gasteiger partial charge in [-0.3, -0.25) is 0 Å². The molecule has 112 valence electrons. The van der Waals surface area contributed by atoms with Crippen LogP contribution in [0.15, 0.2) is 29.6 Å². The highest BCUT2D eigenvalue weighted by atomic mass is 32.1. The first-order valence-electron chi connectivity index (χ1n) is 7.76. The van der Waals surface area contributed by atoms with Crippen LogP contribution in [-0.2, 0) is 0 Å². The van der Waals surface area contributed by atoms with Crippen molar-refractivity contribution in [3.63, 3.8) is 0 Å². The molecule has 1 aliphatic heterocycles. The molecule has 1 saturated heterocycles. The molecule has 0 saturated carbocycles. The van der Waals surface area contributed by atoms with Gasteiger partial charge in [0.1, 0.15) is 0 Å². The van der Waals surface area contributed by atoms with Gasteiger partial charge in [-0.1, -0.05) is 12.1 Å². The molecule has 1 unspecified atom stereocenters. The quantitative estimate of drug-likeness (QED) is 0.893. The lowest BCUT2D eigenvalue weighted by molar-refractivity contribution is 0.578. The van der Waals surface area contributed by atoms with Crippen molar-refractivity contribution >= 4 is 22.7 Å². The van der Waals surface area contributed by atoms with Gasteiger partial charge in [0, 0.05) is 18.5 Å². The second kappa shape index (κ2) is 6.48. The number of hydrogen-bond donors (Lipinski definition) is 1. The first-order chi connectivity index (χ1) is 10.2. The Morgan fingerprint density at radius 1 is 1.19 bits per heavy atom. The number of para-hydroxylation sites is 2. The Bertz CT molecular complexity index is 587. The fraction of sp³-hybridized carbons (Fsp3) is 0.471. The summed E-state index contributed by atoms with van der Waals surface area (Å²) in [5.74, 6) is 0. The fourth-order valence-corrected chi connectivity index (χ4v) is 3.60. The largest absolute Gasteiger partial charge is 0.375 e. The summed E-state index contributed by atoms with van der Waals surface area (Å²) in [5.41, 5.74) is 3.68. The summed E-state index contributed by atoms with van der Waals surface area (Å²) in [7, 11) is 0. The number of anilines is 2. The predicted octanol–water partition coefficient (Wildman–Crippen LogP) is 4.61. The number of aromatic nitrogens is 1. The Morgan fingerprint density at radius 2 is 1.95 bits per heavy atom. The zero-order chi connectivity index (χ0) is 14.7. The highest BCUT2D eigenvalue weighted by molar-refractivity contribution is 7.09. The topological polar surface area (TPSA) is 28.2 Å². The van der Waals surface area contributed by atoms with E-state index in [0.717, 1.165) is 10.7 Å². The number of thiazole rings is 1. The summed E-state index contributed by atoms with van der Waals surface area (Å²) in [6, 6.07) is 8.88. The van der Waals surface area contributed by atoms with Gasteiger partial charge in [-0.25, -0.2) is 4.98 Å². The van der Waals surface area contributed by atoms with Gasteiger partial charge in [0.25, 0.3) is 0 Å². The SMILES string of the molecule is Cc1nc(C(C)Nc2ccccc2N2CCCCC2)cs1. The van der Waals surface area contributed by atoms with Crippen LogP contribution in [0, 0.1) is 6.92 Å². The van der Waals surface area contributed by atoms with E-state index in [1.54, 1.807) is 11.3 Å². The van der Waals surface area contributed by atoms with Crippen LogP contribution < -0.4 is 10.2 Å². The maximum absolute atomic E-state index is 4.59. The van der Waals surface area contributed by atoms with E-state index in [1.165, 1.54) is 43.7 Å². The molecule has 2 aromatic rings.